The third-order valence-corrected chi connectivity index (χ3v) is 3.08. The molecule has 1 aliphatic heterocycles. The topological polar surface area (TPSA) is 55.8 Å². The van der Waals surface area contributed by atoms with E-state index in [0.29, 0.717) is 29.9 Å². The molecule has 0 saturated heterocycles. The van der Waals surface area contributed by atoms with Crippen molar-refractivity contribution in [3.63, 3.8) is 0 Å². The summed E-state index contributed by atoms with van der Waals surface area (Å²) in [6, 6.07) is 3.40. The molecule has 1 aliphatic rings. The zero-order chi connectivity index (χ0) is 14.0. The van der Waals surface area contributed by atoms with Gasteiger partial charge in [0.05, 0.1) is 0 Å². The van der Waals surface area contributed by atoms with E-state index in [0.717, 1.165) is 5.56 Å². The first-order valence-corrected chi connectivity index (χ1v) is 6.21. The number of halogens is 1. The van der Waals surface area contributed by atoms with Crippen LogP contribution in [-0.2, 0) is 16.9 Å². The Labute approximate surface area is 111 Å². The van der Waals surface area contributed by atoms with E-state index in [1.54, 1.807) is 12.1 Å². The smallest absolute Gasteiger partial charge is 0.303 e. The van der Waals surface area contributed by atoms with Crippen LogP contribution in [0.15, 0.2) is 12.1 Å². The zero-order valence-corrected chi connectivity index (χ0v) is 11.0. The van der Waals surface area contributed by atoms with Crippen LogP contribution in [0.5, 0.6) is 11.5 Å². The fourth-order valence-electron chi connectivity index (χ4n) is 2.17. The maximum atomic E-state index is 14.2. The van der Waals surface area contributed by atoms with Gasteiger partial charge in [0.25, 0.3) is 0 Å². The lowest BCUT2D eigenvalue weighted by atomic mass is 9.91. The van der Waals surface area contributed by atoms with Crippen molar-refractivity contribution in [3.05, 3.63) is 23.3 Å². The number of carboxylic acid groups (broad SMARTS) is 1. The standard InChI is InChI=1S/C14H17FO4/c1-14(2,15)10-7-12-11(18-8-19-12)6-9(10)4-3-5-13(16)17/h6-7H,3-5,8H2,1-2H3,(H,16,17). The van der Waals surface area contributed by atoms with E-state index in [-0.39, 0.29) is 13.2 Å². The number of aliphatic carboxylic acids is 1. The Balaban J connectivity index is 2.26. The second kappa shape index (κ2) is 5.07. The Morgan fingerprint density at radius 1 is 1.37 bits per heavy atom. The van der Waals surface area contributed by atoms with Gasteiger partial charge in [0.15, 0.2) is 11.5 Å². The lowest BCUT2D eigenvalue weighted by molar-refractivity contribution is -0.137. The fraction of sp³-hybridized carbons (Fsp3) is 0.500. The van der Waals surface area contributed by atoms with Crippen LogP contribution < -0.4 is 9.47 Å². The van der Waals surface area contributed by atoms with Crippen molar-refractivity contribution < 1.29 is 23.8 Å². The van der Waals surface area contributed by atoms with Crippen LogP contribution in [0.25, 0.3) is 0 Å². The third-order valence-electron chi connectivity index (χ3n) is 3.08. The molecule has 1 aromatic rings. The second-order valence-corrected chi connectivity index (χ2v) is 5.08. The van der Waals surface area contributed by atoms with Crippen molar-refractivity contribution in [2.75, 3.05) is 6.79 Å². The number of carbonyl (C=O) groups is 1. The molecule has 104 valence electrons. The van der Waals surface area contributed by atoms with Gasteiger partial charge >= 0.3 is 5.97 Å². The SMILES string of the molecule is CC(C)(F)c1cc2c(cc1CCCC(=O)O)OCO2. The molecule has 0 unspecified atom stereocenters. The number of hydrogen-bond donors (Lipinski definition) is 1. The molecule has 0 atom stereocenters. The lowest BCUT2D eigenvalue weighted by Gasteiger charge is -2.19. The summed E-state index contributed by atoms with van der Waals surface area (Å²) in [6.45, 7) is 3.09. The largest absolute Gasteiger partial charge is 0.481 e. The zero-order valence-electron chi connectivity index (χ0n) is 11.0. The van der Waals surface area contributed by atoms with Crippen LogP contribution in [-0.4, -0.2) is 17.9 Å². The predicted octanol–water partition coefficient (Wildman–Crippen LogP) is 3.03. The molecule has 1 N–H and O–H groups in total. The minimum Gasteiger partial charge on any atom is -0.481 e. The summed E-state index contributed by atoms with van der Waals surface area (Å²) in [5.41, 5.74) is -0.195. The quantitative estimate of drug-likeness (QED) is 0.891. The molecular formula is C14H17FO4. The maximum Gasteiger partial charge on any atom is 0.303 e. The molecule has 1 aromatic carbocycles. The van der Waals surface area contributed by atoms with Gasteiger partial charge in [-0.05, 0) is 49.9 Å². The molecular weight excluding hydrogens is 251 g/mol. The summed E-state index contributed by atoms with van der Waals surface area (Å²) < 4.78 is 24.7. The molecule has 0 fully saturated rings. The highest BCUT2D eigenvalue weighted by molar-refractivity contribution is 5.66. The van der Waals surface area contributed by atoms with Crippen molar-refractivity contribution in [1.29, 1.82) is 0 Å². The van der Waals surface area contributed by atoms with Crippen LogP contribution >= 0.6 is 0 Å². The number of carboxylic acids is 1. The highest BCUT2D eigenvalue weighted by Crippen LogP contribution is 2.40. The Kier molecular flexibility index (Phi) is 3.64. The first-order valence-electron chi connectivity index (χ1n) is 6.21. The molecule has 5 heteroatoms. The van der Waals surface area contributed by atoms with E-state index in [2.05, 4.69) is 0 Å². The number of rotatable bonds is 5. The maximum absolute atomic E-state index is 14.2. The van der Waals surface area contributed by atoms with Crippen molar-refractivity contribution in [2.45, 2.75) is 38.8 Å². The van der Waals surface area contributed by atoms with Crippen LogP contribution in [0.4, 0.5) is 4.39 Å². The molecule has 0 aliphatic carbocycles. The Morgan fingerprint density at radius 2 is 2.00 bits per heavy atom. The molecule has 0 spiro atoms. The molecule has 0 bridgehead atoms. The third kappa shape index (κ3) is 3.16. The molecule has 0 aromatic heterocycles. The molecule has 2 rings (SSSR count). The molecule has 0 saturated carbocycles. The van der Waals surface area contributed by atoms with Gasteiger partial charge < -0.3 is 14.6 Å². The number of ether oxygens (including phenoxy) is 2. The fourth-order valence-corrected chi connectivity index (χ4v) is 2.17. The predicted molar refractivity (Wildman–Crippen MR) is 67.3 cm³/mol. The van der Waals surface area contributed by atoms with Gasteiger partial charge in [-0.1, -0.05) is 0 Å². The van der Waals surface area contributed by atoms with E-state index in [1.165, 1.54) is 13.8 Å². The van der Waals surface area contributed by atoms with Crippen LogP contribution in [0, 0.1) is 0 Å². The van der Waals surface area contributed by atoms with E-state index in [4.69, 9.17) is 14.6 Å². The summed E-state index contributed by atoms with van der Waals surface area (Å²) in [5, 5.41) is 8.66. The van der Waals surface area contributed by atoms with E-state index >= 15 is 0 Å². The first-order chi connectivity index (χ1) is 8.88. The van der Waals surface area contributed by atoms with Crippen LogP contribution in [0.2, 0.25) is 0 Å². The first kappa shape index (κ1) is 13.6. The van der Waals surface area contributed by atoms with Gasteiger partial charge in [0.1, 0.15) is 5.67 Å². The summed E-state index contributed by atoms with van der Waals surface area (Å²) >= 11 is 0. The van der Waals surface area contributed by atoms with Crippen molar-refractivity contribution in [1.82, 2.24) is 0 Å². The Morgan fingerprint density at radius 3 is 2.58 bits per heavy atom. The van der Waals surface area contributed by atoms with Gasteiger partial charge in [-0.2, -0.15) is 0 Å². The minimum absolute atomic E-state index is 0.0700. The number of hydrogen-bond acceptors (Lipinski definition) is 3. The van der Waals surface area contributed by atoms with E-state index in [1.807, 2.05) is 0 Å². The molecule has 0 amide bonds. The number of benzene rings is 1. The molecule has 1 heterocycles. The van der Waals surface area contributed by atoms with Gasteiger partial charge in [-0.25, -0.2) is 4.39 Å². The van der Waals surface area contributed by atoms with Crippen molar-refractivity contribution >= 4 is 5.97 Å². The van der Waals surface area contributed by atoms with Crippen LogP contribution in [0.3, 0.4) is 0 Å². The van der Waals surface area contributed by atoms with Gasteiger partial charge in [0.2, 0.25) is 6.79 Å². The number of fused-ring (bicyclic) bond motifs is 1. The average Bonchev–Trinajstić information content (AvgIpc) is 2.73. The summed E-state index contributed by atoms with van der Waals surface area (Å²) in [7, 11) is 0. The molecule has 0 radical (unpaired) electrons. The number of alkyl halides is 1. The van der Waals surface area contributed by atoms with E-state index < -0.39 is 11.6 Å². The Bertz CT molecular complexity index is 491. The normalized spacial score (nSPS) is 13.6. The van der Waals surface area contributed by atoms with Crippen molar-refractivity contribution in [3.8, 4) is 11.5 Å². The van der Waals surface area contributed by atoms with Crippen LogP contribution in [0.1, 0.15) is 37.8 Å². The van der Waals surface area contributed by atoms with Gasteiger partial charge in [0, 0.05) is 6.42 Å². The number of aryl methyl sites for hydroxylation is 1. The Hall–Kier alpha value is -1.78. The minimum atomic E-state index is -1.50. The summed E-state index contributed by atoms with van der Waals surface area (Å²) in [5.74, 6) is 0.294. The van der Waals surface area contributed by atoms with Gasteiger partial charge in [-0.15, -0.1) is 0 Å². The average molecular weight is 268 g/mol. The summed E-state index contributed by atoms with van der Waals surface area (Å²) in [6.07, 6.45) is 1.05. The molecule has 19 heavy (non-hydrogen) atoms. The second-order valence-electron chi connectivity index (χ2n) is 5.08. The van der Waals surface area contributed by atoms with Gasteiger partial charge in [-0.3, -0.25) is 4.79 Å². The highest BCUT2D eigenvalue weighted by Gasteiger charge is 2.26. The van der Waals surface area contributed by atoms with E-state index in [9.17, 15) is 9.18 Å². The monoisotopic (exact) mass is 268 g/mol. The highest BCUT2D eigenvalue weighted by atomic mass is 19.1. The van der Waals surface area contributed by atoms with Crippen molar-refractivity contribution in [2.24, 2.45) is 0 Å². The molecule has 4 nitrogen and oxygen atoms in total. The summed E-state index contributed by atoms with van der Waals surface area (Å²) in [4.78, 5) is 10.5. The lowest BCUT2D eigenvalue weighted by Crippen LogP contribution is -2.13.